The fourth-order valence-corrected chi connectivity index (χ4v) is 3.99. The van der Waals surface area contributed by atoms with Crippen LogP contribution < -0.4 is 5.32 Å². The molecule has 0 amide bonds. The number of nitrogens with zero attached hydrogens (tertiary/aromatic N) is 1. The summed E-state index contributed by atoms with van der Waals surface area (Å²) >= 11 is 0. The van der Waals surface area contributed by atoms with Crippen LogP contribution in [-0.2, 0) is 9.47 Å². The number of hydrogen-bond donors (Lipinski definition) is 1. The van der Waals surface area contributed by atoms with Gasteiger partial charge in [0.15, 0.2) is 0 Å². The van der Waals surface area contributed by atoms with Gasteiger partial charge < -0.3 is 19.7 Å². The van der Waals surface area contributed by atoms with Crippen molar-refractivity contribution in [1.29, 1.82) is 0 Å². The maximum atomic E-state index is 6.05. The van der Waals surface area contributed by atoms with Gasteiger partial charge in [-0.2, -0.15) is 0 Å². The smallest absolute Gasteiger partial charge is 0.0951 e. The summed E-state index contributed by atoms with van der Waals surface area (Å²) in [5.74, 6) is 0.880. The summed E-state index contributed by atoms with van der Waals surface area (Å²) in [7, 11) is 2.06. The Morgan fingerprint density at radius 1 is 1.21 bits per heavy atom. The van der Waals surface area contributed by atoms with E-state index in [1.165, 1.54) is 45.3 Å². The van der Waals surface area contributed by atoms with Gasteiger partial charge in [-0.05, 0) is 58.3 Å². The SMILES string of the molecule is CNCC1CCN(C2CCOC3(CCOC3)C2)CC1. The minimum atomic E-state index is 0.0603. The van der Waals surface area contributed by atoms with Gasteiger partial charge in [0.2, 0.25) is 0 Å². The lowest BCUT2D eigenvalue weighted by Crippen LogP contribution is -2.51. The Morgan fingerprint density at radius 3 is 2.74 bits per heavy atom. The van der Waals surface area contributed by atoms with Gasteiger partial charge in [-0.1, -0.05) is 0 Å². The predicted octanol–water partition coefficient (Wildman–Crippen LogP) is 1.26. The molecule has 1 spiro atoms. The van der Waals surface area contributed by atoms with Gasteiger partial charge in [-0.3, -0.25) is 0 Å². The topological polar surface area (TPSA) is 33.7 Å². The Morgan fingerprint density at radius 2 is 2.05 bits per heavy atom. The first-order chi connectivity index (χ1) is 9.31. The Labute approximate surface area is 116 Å². The lowest BCUT2D eigenvalue weighted by Gasteiger charge is -2.44. The van der Waals surface area contributed by atoms with E-state index in [1.807, 2.05) is 0 Å². The molecule has 3 rings (SSSR count). The molecule has 4 nitrogen and oxygen atoms in total. The largest absolute Gasteiger partial charge is 0.378 e. The highest BCUT2D eigenvalue weighted by atomic mass is 16.6. The third-order valence-electron chi connectivity index (χ3n) is 5.19. The quantitative estimate of drug-likeness (QED) is 0.835. The van der Waals surface area contributed by atoms with Crippen LogP contribution >= 0.6 is 0 Å². The highest BCUT2D eigenvalue weighted by molar-refractivity contribution is 4.94. The van der Waals surface area contributed by atoms with Crippen molar-refractivity contribution in [2.75, 3.05) is 46.5 Å². The summed E-state index contributed by atoms with van der Waals surface area (Å²) in [6.07, 6.45) is 6.19. The zero-order valence-corrected chi connectivity index (χ0v) is 12.2. The normalized spacial score (nSPS) is 38.1. The predicted molar refractivity (Wildman–Crippen MR) is 75.4 cm³/mol. The summed E-state index contributed by atoms with van der Waals surface area (Å²) in [6, 6.07) is 0.728. The lowest BCUT2D eigenvalue weighted by molar-refractivity contribution is -0.109. The summed E-state index contributed by atoms with van der Waals surface area (Å²) in [5.41, 5.74) is 0.0603. The van der Waals surface area contributed by atoms with Crippen LogP contribution in [0, 0.1) is 5.92 Å². The second kappa shape index (κ2) is 6.08. The highest BCUT2D eigenvalue weighted by Gasteiger charge is 2.42. The zero-order valence-electron chi connectivity index (χ0n) is 12.2. The van der Waals surface area contributed by atoms with E-state index in [0.29, 0.717) is 0 Å². The molecule has 0 aromatic rings. The van der Waals surface area contributed by atoms with Crippen LogP contribution in [0.1, 0.15) is 32.1 Å². The van der Waals surface area contributed by atoms with E-state index in [-0.39, 0.29) is 5.60 Å². The average Bonchev–Trinajstić information content (AvgIpc) is 2.88. The van der Waals surface area contributed by atoms with E-state index in [9.17, 15) is 0 Å². The second-order valence-corrected chi connectivity index (χ2v) is 6.52. The molecule has 4 heteroatoms. The lowest BCUT2D eigenvalue weighted by atomic mass is 9.87. The number of hydrogen-bond acceptors (Lipinski definition) is 4. The van der Waals surface area contributed by atoms with Crippen LogP contribution in [0.5, 0.6) is 0 Å². The number of rotatable bonds is 3. The monoisotopic (exact) mass is 268 g/mol. The van der Waals surface area contributed by atoms with Crippen molar-refractivity contribution in [3.63, 3.8) is 0 Å². The molecule has 3 saturated heterocycles. The standard InChI is InChI=1S/C15H28N2O2/c1-16-11-13-2-6-17(7-3-13)14-4-8-19-15(10-14)5-9-18-12-15/h13-14,16H,2-12H2,1H3. The molecule has 0 saturated carbocycles. The summed E-state index contributed by atoms with van der Waals surface area (Å²) in [4.78, 5) is 2.72. The van der Waals surface area contributed by atoms with E-state index in [0.717, 1.165) is 38.2 Å². The minimum Gasteiger partial charge on any atom is -0.378 e. The zero-order chi connectivity index (χ0) is 13.1. The molecule has 110 valence electrons. The van der Waals surface area contributed by atoms with E-state index >= 15 is 0 Å². The van der Waals surface area contributed by atoms with Crippen LogP contribution in [0.2, 0.25) is 0 Å². The van der Waals surface area contributed by atoms with Crippen molar-refractivity contribution < 1.29 is 9.47 Å². The van der Waals surface area contributed by atoms with Crippen molar-refractivity contribution in [2.24, 2.45) is 5.92 Å². The molecule has 0 aromatic carbocycles. The first-order valence-corrected chi connectivity index (χ1v) is 7.92. The van der Waals surface area contributed by atoms with Crippen LogP contribution in [0.3, 0.4) is 0 Å². The van der Waals surface area contributed by atoms with E-state index in [2.05, 4.69) is 17.3 Å². The van der Waals surface area contributed by atoms with Gasteiger partial charge in [-0.25, -0.2) is 0 Å². The molecule has 3 heterocycles. The molecule has 2 atom stereocenters. The fourth-order valence-electron chi connectivity index (χ4n) is 3.99. The average molecular weight is 268 g/mol. The molecular formula is C15H28N2O2. The molecule has 1 N–H and O–H groups in total. The summed E-state index contributed by atoms with van der Waals surface area (Å²) in [5, 5.41) is 3.32. The second-order valence-electron chi connectivity index (χ2n) is 6.52. The molecule has 0 bridgehead atoms. The van der Waals surface area contributed by atoms with E-state index in [4.69, 9.17) is 9.47 Å². The first-order valence-electron chi connectivity index (χ1n) is 7.92. The van der Waals surface area contributed by atoms with Crippen LogP contribution in [-0.4, -0.2) is 63.0 Å². The van der Waals surface area contributed by atoms with E-state index in [1.54, 1.807) is 0 Å². The van der Waals surface area contributed by atoms with Gasteiger partial charge in [0, 0.05) is 25.7 Å². The van der Waals surface area contributed by atoms with Gasteiger partial charge in [0.1, 0.15) is 0 Å². The van der Waals surface area contributed by atoms with Gasteiger partial charge in [0.05, 0.1) is 12.2 Å². The maximum absolute atomic E-state index is 6.05. The molecule has 0 aliphatic carbocycles. The number of piperidine rings is 1. The van der Waals surface area contributed by atoms with Crippen molar-refractivity contribution in [3.8, 4) is 0 Å². The third-order valence-corrected chi connectivity index (χ3v) is 5.19. The molecule has 2 unspecified atom stereocenters. The Hall–Kier alpha value is -0.160. The highest BCUT2D eigenvalue weighted by Crippen LogP contribution is 2.35. The van der Waals surface area contributed by atoms with Crippen molar-refractivity contribution >= 4 is 0 Å². The molecule has 19 heavy (non-hydrogen) atoms. The summed E-state index contributed by atoms with van der Waals surface area (Å²) < 4.78 is 11.6. The Bertz CT molecular complexity index is 284. The Balaban J connectivity index is 1.52. The number of likely N-dealkylation sites (tertiary alicyclic amines) is 1. The van der Waals surface area contributed by atoms with Crippen LogP contribution in [0.25, 0.3) is 0 Å². The molecule has 3 fully saturated rings. The van der Waals surface area contributed by atoms with Crippen LogP contribution in [0.15, 0.2) is 0 Å². The first kappa shape index (κ1) is 13.8. The van der Waals surface area contributed by atoms with Crippen molar-refractivity contribution in [2.45, 2.75) is 43.7 Å². The molecule has 0 aromatic heterocycles. The van der Waals surface area contributed by atoms with Gasteiger partial charge >= 0.3 is 0 Å². The maximum Gasteiger partial charge on any atom is 0.0951 e. The molecule has 3 aliphatic rings. The molecular weight excluding hydrogens is 240 g/mol. The van der Waals surface area contributed by atoms with Crippen molar-refractivity contribution in [1.82, 2.24) is 10.2 Å². The summed E-state index contributed by atoms with van der Waals surface area (Å²) in [6.45, 7) is 6.35. The van der Waals surface area contributed by atoms with Gasteiger partial charge in [0.25, 0.3) is 0 Å². The fraction of sp³-hybridized carbons (Fsp3) is 1.00. The third kappa shape index (κ3) is 3.13. The molecule has 3 aliphatic heterocycles. The van der Waals surface area contributed by atoms with E-state index < -0.39 is 0 Å². The molecule has 0 radical (unpaired) electrons. The number of ether oxygens (including phenoxy) is 2. The Kier molecular flexibility index (Phi) is 4.42. The minimum absolute atomic E-state index is 0.0603. The van der Waals surface area contributed by atoms with Gasteiger partial charge in [-0.15, -0.1) is 0 Å². The number of nitrogens with one attached hydrogen (secondary N) is 1. The van der Waals surface area contributed by atoms with Crippen LogP contribution in [0.4, 0.5) is 0 Å². The van der Waals surface area contributed by atoms with Crippen molar-refractivity contribution in [3.05, 3.63) is 0 Å².